The lowest BCUT2D eigenvalue weighted by atomic mass is 9.99. The Morgan fingerprint density at radius 2 is 1.86 bits per heavy atom. The number of sulfonamides is 1. The summed E-state index contributed by atoms with van der Waals surface area (Å²) in [6.45, 7) is 3.81. The molecule has 1 aliphatic carbocycles. The Balaban J connectivity index is 1.58. The Morgan fingerprint density at radius 1 is 1.20 bits per heavy atom. The first-order chi connectivity index (χ1) is 16.7. The fraction of sp³-hybridized carbons (Fsp3) is 0.273. The fourth-order valence-corrected chi connectivity index (χ4v) is 5.00. The molecule has 0 radical (unpaired) electrons. The van der Waals surface area contributed by atoms with Crippen LogP contribution in [0.3, 0.4) is 0 Å². The molecule has 1 unspecified atom stereocenters. The first-order valence-electron chi connectivity index (χ1n) is 10.7. The molecule has 35 heavy (non-hydrogen) atoms. The van der Waals surface area contributed by atoms with Crippen molar-refractivity contribution >= 4 is 33.4 Å². The van der Waals surface area contributed by atoms with Gasteiger partial charge in [-0.25, -0.2) is 22.8 Å². The number of benzene rings is 1. The van der Waals surface area contributed by atoms with Gasteiger partial charge in [0.15, 0.2) is 5.82 Å². The van der Waals surface area contributed by atoms with Crippen molar-refractivity contribution < 1.29 is 17.7 Å². The SMILES string of the molecule is CC1=CC(=Cc2ccc(N3CCN(c4ncc(F)cn4)CC3)c([N+](=O)[O-])c2)C(S(=O)(=O)NN)C=C1. The number of nitrogens with one attached hydrogen (secondary N) is 1. The average molecular weight is 502 g/mol. The van der Waals surface area contributed by atoms with Crippen LogP contribution >= 0.6 is 0 Å². The van der Waals surface area contributed by atoms with Gasteiger partial charge in [0.1, 0.15) is 10.9 Å². The van der Waals surface area contributed by atoms with Gasteiger partial charge < -0.3 is 9.80 Å². The van der Waals surface area contributed by atoms with E-state index in [1.807, 2.05) is 21.6 Å². The van der Waals surface area contributed by atoms with Crippen molar-refractivity contribution in [3.8, 4) is 0 Å². The highest BCUT2D eigenvalue weighted by Crippen LogP contribution is 2.32. The number of nitro groups is 1. The molecule has 0 saturated carbocycles. The first-order valence-corrected chi connectivity index (χ1v) is 12.3. The van der Waals surface area contributed by atoms with Gasteiger partial charge in [0.05, 0.1) is 17.3 Å². The fourth-order valence-electron chi connectivity index (χ4n) is 4.08. The first kappa shape index (κ1) is 24.4. The maximum Gasteiger partial charge on any atom is 0.293 e. The van der Waals surface area contributed by atoms with Crippen LogP contribution in [-0.4, -0.2) is 54.7 Å². The summed E-state index contributed by atoms with van der Waals surface area (Å²) in [4.78, 5) is 25.0. The number of rotatable bonds is 6. The number of nitrogens with zero attached hydrogens (tertiary/aromatic N) is 5. The molecule has 13 heteroatoms. The summed E-state index contributed by atoms with van der Waals surface area (Å²) in [6.07, 6.45) is 8.71. The molecule has 1 atom stereocenters. The molecule has 3 N–H and O–H groups in total. The smallest absolute Gasteiger partial charge is 0.293 e. The van der Waals surface area contributed by atoms with E-state index in [1.165, 1.54) is 12.1 Å². The second-order valence-corrected chi connectivity index (χ2v) is 9.99. The lowest BCUT2D eigenvalue weighted by Crippen LogP contribution is -2.47. The molecule has 1 saturated heterocycles. The van der Waals surface area contributed by atoms with Gasteiger partial charge in [-0.3, -0.25) is 16.0 Å². The quantitative estimate of drug-likeness (QED) is 0.344. The zero-order chi connectivity index (χ0) is 25.2. The molecule has 2 aliphatic rings. The van der Waals surface area contributed by atoms with Crippen molar-refractivity contribution in [2.45, 2.75) is 12.2 Å². The Kier molecular flexibility index (Phi) is 6.91. The average Bonchev–Trinajstić information content (AvgIpc) is 2.84. The van der Waals surface area contributed by atoms with Crippen molar-refractivity contribution in [1.82, 2.24) is 14.8 Å². The van der Waals surface area contributed by atoms with Crippen LogP contribution in [0, 0.1) is 15.9 Å². The highest BCUT2D eigenvalue weighted by atomic mass is 32.2. The molecule has 184 valence electrons. The van der Waals surface area contributed by atoms with E-state index in [4.69, 9.17) is 5.84 Å². The van der Waals surface area contributed by atoms with Crippen LogP contribution in [-0.2, 0) is 10.0 Å². The molecule has 1 aromatic carbocycles. The highest BCUT2D eigenvalue weighted by molar-refractivity contribution is 7.90. The van der Waals surface area contributed by atoms with Gasteiger partial charge in [-0.2, -0.15) is 4.83 Å². The van der Waals surface area contributed by atoms with Gasteiger partial charge in [0, 0.05) is 32.2 Å². The van der Waals surface area contributed by atoms with E-state index in [-0.39, 0.29) is 5.69 Å². The number of aromatic nitrogens is 2. The summed E-state index contributed by atoms with van der Waals surface area (Å²) in [5.74, 6) is 5.09. The van der Waals surface area contributed by atoms with Crippen LogP contribution < -0.4 is 20.5 Å². The largest absolute Gasteiger partial charge is 0.362 e. The van der Waals surface area contributed by atoms with Crippen LogP contribution in [0.25, 0.3) is 6.08 Å². The summed E-state index contributed by atoms with van der Waals surface area (Å²) in [5.41, 5.74) is 2.14. The predicted octanol–water partition coefficient (Wildman–Crippen LogP) is 1.91. The third-order valence-corrected chi connectivity index (χ3v) is 7.22. The van der Waals surface area contributed by atoms with Gasteiger partial charge in [0.2, 0.25) is 16.0 Å². The van der Waals surface area contributed by atoms with E-state index >= 15 is 0 Å². The number of nitrogens with two attached hydrogens (primary N) is 1. The number of hydrogen-bond acceptors (Lipinski definition) is 9. The van der Waals surface area contributed by atoms with E-state index in [0.717, 1.165) is 18.0 Å². The topological polar surface area (TPSA) is 148 Å². The van der Waals surface area contributed by atoms with E-state index in [0.29, 0.717) is 49.0 Å². The van der Waals surface area contributed by atoms with Crippen molar-refractivity contribution in [3.63, 3.8) is 0 Å². The molecular formula is C22H24FN7O4S. The van der Waals surface area contributed by atoms with E-state index < -0.39 is 26.0 Å². The Labute approximate surface area is 201 Å². The lowest BCUT2D eigenvalue weighted by molar-refractivity contribution is -0.384. The van der Waals surface area contributed by atoms with Gasteiger partial charge >= 0.3 is 0 Å². The van der Waals surface area contributed by atoms with Crippen molar-refractivity contribution in [1.29, 1.82) is 0 Å². The van der Waals surface area contributed by atoms with Crippen LogP contribution in [0.15, 0.2) is 60.0 Å². The maximum atomic E-state index is 13.1. The summed E-state index contributed by atoms with van der Waals surface area (Å²) < 4.78 is 37.8. The third kappa shape index (κ3) is 5.37. The second kappa shape index (κ2) is 9.90. The standard InChI is InChI=1S/C22H24FN7O4S/c1-15-2-5-21(35(33,34)27-24)17(10-15)11-16-3-4-19(20(12-16)30(31)32)28-6-8-29(9-7-28)22-25-13-18(23)14-26-22/h2-5,10-14,21,27H,6-9,24H2,1H3. The third-order valence-electron chi connectivity index (χ3n) is 5.79. The number of piperazine rings is 1. The highest BCUT2D eigenvalue weighted by Gasteiger charge is 2.28. The monoisotopic (exact) mass is 501 g/mol. The molecule has 1 aromatic heterocycles. The van der Waals surface area contributed by atoms with Crippen LogP contribution in [0.5, 0.6) is 0 Å². The van der Waals surface area contributed by atoms with Gasteiger partial charge in [-0.05, 0) is 30.2 Å². The molecule has 0 amide bonds. The van der Waals surface area contributed by atoms with Crippen LogP contribution in [0.1, 0.15) is 12.5 Å². The number of anilines is 2. The van der Waals surface area contributed by atoms with Gasteiger partial charge in [-0.1, -0.05) is 29.9 Å². The zero-order valence-electron chi connectivity index (χ0n) is 18.8. The van der Waals surface area contributed by atoms with Crippen molar-refractivity contribution in [2.75, 3.05) is 36.0 Å². The number of nitro benzene ring substituents is 1. The molecule has 1 aliphatic heterocycles. The number of allylic oxidation sites excluding steroid dienone is 3. The molecule has 0 spiro atoms. The minimum atomic E-state index is -3.85. The molecular weight excluding hydrogens is 477 g/mol. The molecule has 2 aromatic rings. The van der Waals surface area contributed by atoms with Crippen molar-refractivity contribution in [3.05, 3.63) is 81.5 Å². The maximum absolute atomic E-state index is 13.1. The Morgan fingerprint density at radius 3 is 2.49 bits per heavy atom. The van der Waals surface area contributed by atoms with Crippen molar-refractivity contribution in [2.24, 2.45) is 5.84 Å². The van der Waals surface area contributed by atoms with Crippen LogP contribution in [0.2, 0.25) is 0 Å². The lowest BCUT2D eigenvalue weighted by Gasteiger charge is -2.35. The minimum absolute atomic E-state index is 0.0887. The molecule has 2 heterocycles. The number of hydrogen-bond donors (Lipinski definition) is 2. The number of halogens is 1. The van der Waals surface area contributed by atoms with E-state index in [9.17, 15) is 22.9 Å². The summed E-state index contributed by atoms with van der Waals surface area (Å²) in [6, 6.07) is 4.80. The zero-order valence-corrected chi connectivity index (χ0v) is 19.7. The molecule has 1 fully saturated rings. The molecule has 11 nitrogen and oxygen atoms in total. The van der Waals surface area contributed by atoms with Gasteiger partial charge in [-0.15, -0.1) is 0 Å². The predicted molar refractivity (Wildman–Crippen MR) is 130 cm³/mol. The summed E-state index contributed by atoms with van der Waals surface area (Å²) >= 11 is 0. The normalized spacial score (nSPS) is 19.7. The van der Waals surface area contributed by atoms with Crippen LogP contribution in [0.4, 0.5) is 21.7 Å². The minimum Gasteiger partial charge on any atom is -0.362 e. The Hall–Kier alpha value is -3.68. The molecule has 4 rings (SSSR count). The van der Waals surface area contributed by atoms with E-state index in [2.05, 4.69) is 9.97 Å². The number of hydrazine groups is 1. The summed E-state index contributed by atoms with van der Waals surface area (Å²) in [7, 11) is -3.85. The Bertz CT molecular complexity index is 1320. The van der Waals surface area contributed by atoms with E-state index in [1.54, 1.807) is 30.4 Å². The molecule has 0 bridgehead atoms. The second-order valence-electron chi connectivity index (χ2n) is 8.16. The van der Waals surface area contributed by atoms with Gasteiger partial charge in [0.25, 0.3) is 5.69 Å². The summed E-state index contributed by atoms with van der Waals surface area (Å²) in [5, 5.41) is 10.9.